The van der Waals surface area contributed by atoms with E-state index >= 15 is 0 Å². The fourth-order valence-electron chi connectivity index (χ4n) is 2.31. The van der Waals surface area contributed by atoms with Gasteiger partial charge in [-0.2, -0.15) is 0 Å². The molecule has 0 aromatic heterocycles. The number of carboxylic acid groups (broad SMARTS) is 1. The van der Waals surface area contributed by atoms with Gasteiger partial charge in [-0.3, -0.25) is 4.79 Å². The third kappa shape index (κ3) is 3.19. The van der Waals surface area contributed by atoms with Crippen molar-refractivity contribution >= 4 is 5.97 Å². The summed E-state index contributed by atoms with van der Waals surface area (Å²) >= 11 is 0. The predicted octanol–water partition coefficient (Wildman–Crippen LogP) is 1.79. The Morgan fingerprint density at radius 1 is 1.56 bits per heavy atom. The van der Waals surface area contributed by atoms with Gasteiger partial charge in [-0.25, -0.2) is 0 Å². The molecule has 0 heterocycles. The van der Waals surface area contributed by atoms with Crippen molar-refractivity contribution in [3.63, 3.8) is 0 Å². The van der Waals surface area contributed by atoms with Crippen LogP contribution in [-0.4, -0.2) is 35.9 Å². The highest BCUT2D eigenvalue weighted by Crippen LogP contribution is 2.32. The van der Waals surface area contributed by atoms with E-state index in [2.05, 4.69) is 12.2 Å². The van der Waals surface area contributed by atoms with E-state index in [-0.39, 0.29) is 6.10 Å². The molecule has 2 N–H and O–H groups in total. The third-order valence-corrected chi connectivity index (χ3v) is 3.25. The Labute approximate surface area is 97.4 Å². The number of likely N-dealkylation sites (N-methyl/N-ethyl adjacent to an activating group) is 1. The first-order valence-corrected chi connectivity index (χ1v) is 6.24. The van der Waals surface area contributed by atoms with Crippen molar-refractivity contribution in [2.45, 2.75) is 57.6 Å². The zero-order chi connectivity index (χ0) is 12.0. The SMILES string of the molecule is CCCCOC1CCC(NCC)(C(=O)O)C1. The van der Waals surface area contributed by atoms with E-state index < -0.39 is 11.5 Å². The molecule has 0 radical (unpaired) electrons. The molecule has 94 valence electrons. The number of hydrogen-bond acceptors (Lipinski definition) is 3. The van der Waals surface area contributed by atoms with E-state index in [1.807, 2.05) is 6.92 Å². The number of rotatable bonds is 7. The van der Waals surface area contributed by atoms with Crippen molar-refractivity contribution in [3.8, 4) is 0 Å². The minimum atomic E-state index is -0.744. The molecule has 4 heteroatoms. The van der Waals surface area contributed by atoms with Gasteiger partial charge in [0.25, 0.3) is 0 Å². The quantitative estimate of drug-likeness (QED) is 0.653. The second kappa shape index (κ2) is 6.21. The lowest BCUT2D eigenvalue weighted by atomic mass is 9.98. The highest BCUT2D eigenvalue weighted by atomic mass is 16.5. The Balaban J connectivity index is 2.43. The maximum Gasteiger partial charge on any atom is 0.323 e. The topological polar surface area (TPSA) is 58.6 Å². The van der Waals surface area contributed by atoms with E-state index in [1.165, 1.54) is 0 Å². The second-order valence-corrected chi connectivity index (χ2v) is 4.51. The molecule has 0 amide bonds. The summed E-state index contributed by atoms with van der Waals surface area (Å²) in [5.41, 5.74) is -0.744. The van der Waals surface area contributed by atoms with Crippen LogP contribution in [-0.2, 0) is 9.53 Å². The third-order valence-electron chi connectivity index (χ3n) is 3.25. The molecule has 16 heavy (non-hydrogen) atoms. The Kier molecular flexibility index (Phi) is 5.22. The Hall–Kier alpha value is -0.610. The van der Waals surface area contributed by atoms with Crippen molar-refractivity contribution in [1.82, 2.24) is 5.32 Å². The summed E-state index contributed by atoms with van der Waals surface area (Å²) in [6, 6.07) is 0. The highest BCUT2D eigenvalue weighted by Gasteiger charge is 2.45. The second-order valence-electron chi connectivity index (χ2n) is 4.51. The number of unbranched alkanes of at least 4 members (excludes halogenated alkanes) is 1. The smallest absolute Gasteiger partial charge is 0.323 e. The van der Waals surface area contributed by atoms with E-state index in [0.717, 1.165) is 25.9 Å². The Morgan fingerprint density at radius 3 is 2.88 bits per heavy atom. The molecule has 2 unspecified atom stereocenters. The lowest BCUT2D eigenvalue weighted by molar-refractivity contribution is -0.145. The lowest BCUT2D eigenvalue weighted by Gasteiger charge is -2.25. The molecular weight excluding hydrogens is 206 g/mol. The zero-order valence-electron chi connectivity index (χ0n) is 10.3. The van der Waals surface area contributed by atoms with Crippen LogP contribution in [0.2, 0.25) is 0 Å². The van der Waals surface area contributed by atoms with Crippen LogP contribution in [0, 0.1) is 0 Å². The van der Waals surface area contributed by atoms with Crippen LogP contribution in [0.25, 0.3) is 0 Å². The first kappa shape index (κ1) is 13.5. The Morgan fingerprint density at radius 2 is 2.31 bits per heavy atom. The van der Waals surface area contributed by atoms with Crippen molar-refractivity contribution in [2.75, 3.05) is 13.2 Å². The molecule has 1 aliphatic rings. The van der Waals surface area contributed by atoms with Crippen LogP contribution in [0.3, 0.4) is 0 Å². The van der Waals surface area contributed by atoms with Crippen molar-refractivity contribution in [3.05, 3.63) is 0 Å². The van der Waals surface area contributed by atoms with Crippen LogP contribution in [0.15, 0.2) is 0 Å². The first-order chi connectivity index (χ1) is 7.64. The maximum atomic E-state index is 11.3. The summed E-state index contributed by atoms with van der Waals surface area (Å²) in [5.74, 6) is -0.740. The highest BCUT2D eigenvalue weighted by molar-refractivity contribution is 5.79. The molecule has 0 bridgehead atoms. The van der Waals surface area contributed by atoms with Gasteiger partial charge in [-0.05, 0) is 25.8 Å². The Bertz CT molecular complexity index is 232. The maximum absolute atomic E-state index is 11.3. The fourth-order valence-corrected chi connectivity index (χ4v) is 2.31. The predicted molar refractivity (Wildman–Crippen MR) is 62.5 cm³/mol. The van der Waals surface area contributed by atoms with Crippen LogP contribution < -0.4 is 5.32 Å². The molecular formula is C12H23NO3. The average molecular weight is 229 g/mol. The molecule has 1 rings (SSSR count). The fraction of sp³-hybridized carbons (Fsp3) is 0.917. The standard InChI is InChI=1S/C12H23NO3/c1-3-5-8-16-10-6-7-12(9-10,11(14)15)13-4-2/h10,13H,3-9H2,1-2H3,(H,14,15). The summed E-state index contributed by atoms with van der Waals surface area (Å²) in [6.07, 6.45) is 4.40. The van der Waals surface area contributed by atoms with Crippen molar-refractivity contribution < 1.29 is 14.6 Å². The van der Waals surface area contributed by atoms with Gasteiger partial charge in [0.2, 0.25) is 0 Å². The van der Waals surface area contributed by atoms with Gasteiger partial charge >= 0.3 is 5.97 Å². The molecule has 4 nitrogen and oxygen atoms in total. The molecule has 0 aromatic rings. The normalized spacial score (nSPS) is 29.5. The zero-order valence-corrected chi connectivity index (χ0v) is 10.3. The number of ether oxygens (including phenoxy) is 1. The minimum Gasteiger partial charge on any atom is -0.480 e. The summed E-state index contributed by atoms with van der Waals surface area (Å²) in [5, 5.41) is 12.4. The van der Waals surface area contributed by atoms with Crippen LogP contribution in [0.5, 0.6) is 0 Å². The molecule has 0 spiro atoms. The van der Waals surface area contributed by atoms with Crippen LogP contribution >= 0.6 is 0 Å². The van der Waals surface area contributed by atoms with Gasteiger partial charge in [-0.1, -0.05) is 20.3 Å². The van der Waals surface area contributed by atoms with Gasteiger partial charge in [0.15, 0.2) is 0 Å². The van der Waals surface area contributed by atoms with Gasteiger partial charge in [0.05, 0.1) is 6.10 Å². The molecule has 1 saturated carbocycles. The summed E-state index contributed by atoms with van der Waals surface area (Å²) in [4.78, 5) is 11.3. The van der Waals surface area contributed by atoms with Gasteiger partial charge < -0.3 is 15.2 Å². The number of aliphatic carboxylic acids is 1. The molecule has 0 aliphatic heterocycles. The summed E-state index contributed by atoms with van der Waals surface area (Å²) in [7, 11) is 0. The number of carbonyl (C=O) groups is 1. The largest absolute Gasteiger partial charge is 0.480 e. The number of hydrogen-bond donors (Lipinski definition) is 2. The lowest BCUT2D eigenvalue weighted by Crippen LogP contribution is -2.50. The number of carboxylic acids is 1. The van der Waals surface area contributed by atoms with E-state index in [1.54, 1.807) is 0 Å². The van der Waals surface area contributed by atoms with Crippen molar-refractivity contribution in [2.24, 2.45) is 0 Å². The molecule has 2 atom stereocenters. The van der Waals surface area contributed by atoms with Gasteiger partial charge in [-0.15, -0.1) is 0 Å². The molecule has 0 aromatic carbocycles. The minimum absolute atomic E-state index is 0.113. The van der Waals surface area contributed by atoms with E-state index in [9.17, 15) is 9.90 Å². The summed E-state index contributed by atoms with van der Waals surface area (Å²) in [6.45, 7) is 5.51. The monoisotopic (exact) mass is 229 g/mol. The van der Waals surface area contributed by atoms with Crippen molar-refractivity contribution in [1.29, 1.82) is 0 Å². The van der Waals surface area contributed by atoms with Crippen LogP contribution in [0.1, 0.15) is 46.0 Å². The van der Waals surface area contributed by atoms with E-state index in [4.69, 9.17) is 4.74 Å². The summed E-state index contributed by atoms with van der Waals surface area (Å²) < 4.78 is 5.69. The molecule has 1 fully saturated rings. The molecule has 1 aliphatic carbocycles. The van der Waals surface area contributed by atoms with Gasteiger partial charge in [0.1, 0.15) is 5.54 Å². The average Bonchev–Trinajstić information content (AvgIpc) is 2.64. The van der Waals surface area contributed by atoms with Gasteiger partial charge in [0, 0.05) is 13.0 Å². The number of nitrogens with one attached hydrogen (secondary N) is 1. The van der Waals surface area contributed by atoms with E-state index in [0.29, 0.717) is 19.4 Å². The molecule has 0 saturated heterocycles. The van der Waals surface area contributed by atoms with Crippen LogP contribution in [0.4, 0.5) is 0 Å². The first-order valence-electron chi connectivity index (χ1n) is 6.24.